The maximum absolute atomic E-state index is 11.6. The lowest BCUT2D eigenvalue weighted by Crippen LogP contribution is -2.40. The highest BCUT2D eigenvalue weighted by Crippen LogP contribution is 2.34. The second-order valence-electron chi connectivity index (χ2n) is 9.59. The Balaban J connectivity index is 1.03. The third-order valence-corrected chi connectivity index (χ3v) is 6.97. The smallest absolute Gasteiger partial charge is 0.283 e. The van der Waals surface area contributed by atoms with Gasteiger partial charge in [0, 0.05) is 25.2 Å². The van der Waals surface area contributed by atoms with E-state index >= 15 is 0 Å². The molecule has 6 rings (SSSR count). The van der Waals surface area contributed by atoms with Crippen LogP contribution >= 0.6 is 0 Å². The average Bonchev–Trinajstić information content (AvgIpc) is 3.59. The summed E-state index contributed by atoms with van der Waals surface area (Å²) in [4.78, 5) is 13.9. The van der Waals surface area contributed by atoms with Crippen LogP contribution in [0.1, 0.15) is 35.8 Å². The fraction of sp³-hybridized carbons (Fsp3) is 0.370. The maximum atomic E-state index is 11.6. The van der Waals surface area contributed by atoms with Gasteiger partial charge in [0.05, 0.1) is 11.8 Å². The van der Waals surface area contributed by atoms with Crippen molar-refractivity contribution in [3.8, 4) is 17.4 Å². The van der Waals surface area contributed by atoms with Gasteiger partial charge in [0.25, 0.3) is 5.89 Å². The van der Waals surface area contributed by atoms with Crippen molar-refractivity contribution in [2.75, 3.05) is 31.6 Å². The Morgan fingerprint density at radius 2 is 2.03 bits per heavy atom. The minimum Gasteiger partial charge on any atom is -0.490 e. The van der Waals surface area contributed by atoms with Crippen molar-refractivity contribution in [2.45, 2.75) is 38.2 Å². The summed E-state index contributed by atoms with van der Waals surface area (Å²) in [6, 6.07) is 13.7. The molecule has 0 saturated carbocycles. The molecule has 1 saturated heterocycles. The fourth-order valence-corrected chi connectivity index (χ4v) is 5.15. The molecule has 1 fully saturated rings. The molecule has 2 aromatic carbocycles. The number of hydrogen-bond acceptors (Lipinski definition) is 8. The first-order valence-electron chi connectivity index (χ1n) is 12.3. The number of hydrogen-bond donors (Lipinski definition) is 2. The number of ether oxygens (including phenoxy) is 1. The molecule has 2 N–H and O–H groups in total. The summed E-state index contributed by atoms with van der Waals surface area (Å²) in [6.45, 7) is 4.31. The van der Waals surface area contributed by atoms with Crippen LogP contribution < -0.4 is 10.1 Å². The number of nitrogens with one attached hydrogen (secondary N) is 1. The zero-order chi connectivity index (χ0) is 24.6. The van der Waals surface area contributed by atoms with Crippen LogP contribution in [0.25, 0.3) is 22.6 Å². The molecule has 1 amide bonds. The number of carbonyl (C=O) groups excluding carboxylic acids is 1. The standard InChI is InChI=1S/C27H28N4O5/c1-16-29-30-27(35-16)25-13-21-23(3-2-4-24(21)36-25)34-15-20(32)14-31-9-7-17(8-10-31)18-5-6-22-19(11-18)12-26(33)28-22/h2-6,11,13,17,20,32H,7-10,12,14-15H2,1H3,(H,28,33)/t20-/m0/s1. The molecule has 4 heterocycles. The topological polar surface area (TPSA) is 114 Å². The minimum atomic E-state index is -0.612. The lowest BCUT2D eigenvalue weighted by atomic mass is 9.88. The van der Waals surface area contributed by atoms with E-state index in [1.807, 2.05) is 30.3 Å². The second-order valence-corrected chi connectivity index (χ2v) is 9.59. The molecular formula is C27H28N4O5. The normalized spacial score (nSPS) is 17.3. The van der Waals surface area contributed by atoms with Gasteiger partial charge in [0.2, 0.25) is 11.8 Å². The maximum Gasteiger partial charge on any atom is 0.283 e. The number of amides is 1. The zero-order valence-corrected chi connectivity index (χ0v) is 20.1. The van der Waals surface area contributed by atoms with Crippen LogP contribution in [0, 0.1) is 6.92 Å². The summed E-state index contributed by atoms with van der Waals surface area (Å²) in [5, 5.41) is 22.2. The number of aryl methyl sites for hydroxylation is 1. The SMILES string of the molecule is Cc1nnc(-c2cc3c(OC[C@@H](O)CN4CCC(c5ccc6c(c5)CC(=O)N6)CC4)cccc3o2)o1. The first-order chi connectivity index (χ1) is 17.5. The van der Waals surface area contributed by atoms with Gasteiger partial charge < -0.3 is 28.9 Å². The Labute approximate surface area is 208 Å². The second kappa shape index (κ2) is 9.40. The molecule has 9 heteroatoms. The number of benzene rings is 2. The number of aliphatic hydroxyl groups excluding tert-OH is 1. The Hall–Kier alpha value is -3.69. The number of carbonyl (C=O) groups is 1. The van der Waals surface area contributed by atoms with E-state index in [2.05, 4.69) is 32.5 Å². The Bertz CT molecular complexity index is 1400. The molecule has 0 aliphatic carbocycles. The van der Waals surface area contributed by atoms with Gasteiger partial charge in [-0.3, -0.25) is 4.79 Å². The van der Waals surface area contributed by atoms with Crippen LogP contribution in [0.15, 0.2) is 51.3 Å². The van der Waals surface area contributed by atoms with Crippen LogP contribution in [-0.4, -0.2) is 58.5 Å². The number of anilines is 1. The van der Waals surface area contributed by atoms with Crippen LogP contribution in [0.4, 0.5) is 5.69 Å². The molecule has 2 aliphatic heterocycles. The quantitative estimate of drug-likeness (QED) is 0.403. The molecule has 0 spiro atoms. The van der Waals surface area contributed by atoms with Gasteiger partial charge in [-0.05, 0) is 61.2 Å². The molecule has 36 heavy (non-hydrogen) atoms. The summed E-state index contributed by atoms with van der Waals surface area (Å²) >= 11 is 0. The van der Waals surface area contributed by atoms with Crippen LogP contribution in [0.3, 0.4) is 0 Å². The third-order valence-electron chi connectivity index (χ3n) is 6.97. The molecule has 0 bridgehead atoms. The molecule has 2 aliphatic rings. The van der Waals surface area contributed by atoms with Crippen molar-refractivity contribution in [1.29, 1.82) is 0 Å². The van der Waals surface area contributed by atoms with Gasteiger partial charge in [-0.1, -0.05) is 18.2 Å². The van der Waals surface area contributed by atoms with E-state index in [1.54, 1.807) is 6.92 Å². The molecule has 2 aromatic heterocycles. The summed E-state index contributed by atoms with van der Waals surface area (Å²) in [6.07, 6.45) is 1.91. The van der Waals surface area contributed by atoms with Crippen molar-refractivity contribution in [3.63, 3.8) is 0 Å². The van der Waals surface area contributed by atoms with Crippen molar-refractivity contribution >= 4 is 22.6 Å². The van der Waals surface area contributed by atoms with Crippen molar-refractivity contribution in [2.24, 2.45) is 0 Å². The monoisotopic (exact) mass is 488 g/mol. The molecule has 0 unspecified atom stereocenters. The molecule has 186 valence electrons. The molecular weight excluding hydrogens is 460 g/mol. The Morgan fingerprint density at radius 3 is 2.83 bits per heavy atom. The van der Waals surface area contributed by atoms with E-state index in [9.17, 15) is 9.90 Å². The largest absolute Gasteiger partial charge is 0.490 e. The van der Waals surface area contributed by atoms with Gasteiger partial charge in [-0.2, -0.15) is 0 Å². The zero-order valence-electron chi connectivity index (χ0n) is 20.1. The molecule has 1 atom stereocenters. The first kappa shape index (κ1) is 22.8. The van der Waals surface area contributed by atoms with Crippen LogP contribution in [0.2, 0.25) is 0 Å². The number of aromatic nitrogens is 2. The Morgan fingerprint density at radius 1 is 1.17 bits per heavy atom. The summed E-state index contributed by atoms with van der Waals surface area (Å²) in [7, 11) is 0. The van der Waals surface area contributed by atoms with E-state index in [1.165, 1.54) is 5.56 Å². The molecule has 0 radical (unpaired) electrons. The van der Waals surface area contributed by atoms with Gasteiger partial charge in [-0.25, -0.2) is 0 Å². The van der Waals surface area contributed by atoms with Crippen LogP contribution in [0.5, 0.6) is 5.75 Å². The van der Waals surface area contributed by atoms with Gasteiger partial charge in [0.15, 0.2) is 5.76 Å². The van der Waals surface area contributed by atoms with Crippen LogP contribution in [-0.2, 0) is 11.2 Å². The predicted octanol–water partition coefficient (Wildman–Crippen LogP) is 3.91. The first-order valence-corrected chi connectivity index (χ1v) is 12.3. The highest BCUT2D eigenvalue weighted by atomic mass is 16.5. The number of nitrogens with zero attached hydrogens (tertiary/aromatic N) is 3. The number of furan rings is 1. The number of likely N-dealkylation sites (tertiary alicyclic amines) is 1. The minimum absolute atomic E-state index is 0.0690. The number of piperidine rings is 1. The van der Waals surface area contributed by atoms with E-state index in [-0.39, 0.29) is 12.5 Å². The fourth-order valence-electron chi connectivity index (χ4n) is 5.15. The summed E-state index contributed by atoms with van der Waals surface area (Å²) < 4.78 is 17.3. The Kier molecular flexibility index (Phi) is 5.94. The summed E-state index contributed by atoms with van der Waals surface area (Å²) in [5.41, 5.74) is 3.99. The van der Waals surface area contributed by atoms with E-state index < -0.39 is 6.10 Å². The van der Waals surface area contributed by atoms with Gasteiger partial charge >= 0.3 is 0 Å². The number of fused-ring (bicyclic) bond motifs is 2. The van der Waals surface area contributed by atoms with Crippen molar-refractivity contribution < 1.29 is 23.5 Å². The number of β-amino-alcohol motifs (C(OH)–C–C–N with tert-alkyl or cyclic N) is 1. The lowest BCUT2D eigenvalue weighted by molar-refractivity contribution is -0.115. The summed E-state index contributed by atoms with van der Waals surface area (Å²) in [5.74, 6) is 2.46. The van der Waals surface area contributed by atoms with Gasteiger partial charge in [-0.15, -0.1) is 10.2 Å². The van der Waals surface area contributed by atoms with E-state index in [0.717, 1.165) is 42.6 Å². The van der Waals surface area contributed by atoms with Crippen molar-refractivity contribution in [1.82, 2.24) is 15.1 Å². The number of rotatable bonds is 7. The highest BCUT2D eigenvalue weighted by molar-refractivity contribution is 5.99. The molecule has 4 aromatic rings. The van der Waals surface area contributed by atoms with Gasteiger partial charge in [0.1, 0.15) is 24.0 Å². The van der Waals surface area contributed by atoms with E-state index in [0.29, 0.717) is 47.8 Å². The highest BCUT2D eigenvalue weighted by Gasteiger charge is 2.25. The van der Waals surface area contributed by atoms with Crippen molar-refractivity contribution in [3.05, 3.63) is 59.5 Å². The lowest BCUT2D eigenvalue weighted by Gasteiger charge is -2.33. The predicted molar refractivity (Wildman–Crippen MR) is 133 cm³/mol. The van der Waals surface area contributed by atoms with E-state index in [4.69, 9.17) is 13.6 Å². The third kappa shape index (κ3) is 4.59. The average molecular weight is 489 g/mol. The number of aliphatic hydroxyl groups is 1. The molecule has 9 nitrogen and oxygen atoms in total.